The van der Waals surface area contributed by atoms with Crippen LogP contribution in [0.2, 0.25) is 5.15 Å². The van der Waals surface area contributed by atoms with Crippen molar-refractivity contribution in [3.63, 3.8) is 0 Å². The molecule has 0 unspecified atom stereocenters. The molecule has 5 nitrogen and oxygen atoms in total. The highest BCUT2D eigenvalue weighted by atomic mass is 35.5. The zero-order valence-electron chi connectivity index (χ0n) is 11.6. The van der Waals surface area contributed by atoms with E-state index < -0.39 is 0 Å². The summed E-state index contributed by atoms with van der Waals surface area (Å²) < 4.78 is 1.87. The number of nitrogens with zero attached hydrogens (tertiary/aromatic N) is 3. The Morgan fingerprint density at radius 2 is 2.18 bits per heavy atom. The molecule has 0 aliphatic heterocycles. The average Bonchev–Trinajstić information content (AvgIpc) is 3.04. The molecule has 3 rings (SSSR count). The Hall–Kier alpha value is -1.96. The van der Waals surface area contributed by atoms with Crippen molar-refractivity contribution in [2.24, 2.45) is 5.10 Å². The summed E-state index contributed by atoms with van der Waals surface area (Å²) in [5.41, 5.74) is 5.57. The Bertz CT molecular complexity index is 835. The van der Waals surface area contributed by atoms with Gasteiger partial charge in [-0.1, -0.05) is 29.3 Å². The smallest absolute Gasteiger partial charge is 0.195 e. The molecule has 112 valence electrons. The number of anilines is 1. The second-order valence-corrected chi connectivity index (χ2v) is 6.17. The molecule has 0 aliphatic rings. The quantitative estimate of drug-likeness (QED) is 0.430. The molecule has 0 radical (unpaired) electrons. The molecule has 0 saturated heterocycles. The van der Waals surface area contributed by atoms with E-state index in [4.69, 9.17) is 23.8 Å². The van der Waals surface area contributed by atoms with Crippen molar-refractivity contribution in [1.29, 1.82) is 0 Å². The fraction of sp³-hybridized carbons (Fsp3) is 0.0714. The van der Waals surface area contributed by atoms with Gasteiger partial charge in [0.2, 0.25) is 0 Å². The lowest BCUT2D eigenvalue weighted by Gasteiger charge is -2.06. The Morgan fingerprint density at radius 1 is 1.41 bits per heavy atom. The molecule has 0 saturated carbocycles. The molecule has 2 N–H and O–H groups in total. The number of aromatic nitrogens is 2. The van der Waals surface area contributed by atoms with E-state index in [0.717, 1.165) is 10.6 Å². The number of imidazole rings is 1. The molecule has 0 spiro atoms. The number of benzene rings is 1. The van der Waals surface area contributed by atoms with E-state index >= 15 is 0 Å². The first kappa shape index (κ1) is 15.0. The standard InChI is InChI=1S/C14H12ClN5S2/c1-9-2-4-10(5-3-9)17-13(21)19-16-8-11-12(15)18-14-20(11)6-7-22-14/h2-8H,1H3,(H2,17,19,21)/b16-8-. The predicted octanol–water partition coefficient (Wildman–Crippen LogP) is 3.68. The van der Waals surface area contributed by atoms with Crippen LogP contribution >= 0.6 is 35.2 Å². The molecule has 0 aliphatic carbocycles. The van der Waals surface area contributed by atoms with Crippen molar-refractivity contribution in [2.75, 3.05) is 5.32 Å². The highest BCUT2D eigenvalue weighted by Crippen LogP contribution is 2.19. The Balaban J connectivity index is 1.64. The third-order valence-corrected chi connectivity index (χ3v) is 4.14. The summed E-state index contributed by atoms with van der Waals surface area (Å²) in [5, 5.41) is 9.90. The first-order valence-electron chi connectivity index (χ1n) is 6.41. The maximum absolute atomic E-state index is 6.08. The lowest BCUT2D eigenvalue weighted by Crippen LogP contribution is -2.23. The second-order valence-electron chi connectivity index (χ2n) is 4.53. The largest absolute Gasteiger partial charge is 0.331 e. The minimum atomic E-state index is 0.405. The van der Waals surface area contributed by atoms with Crippen LogP contribution in [0.1, 0.15) is 11.3 Å². The van der Waals surface area contributed by atoms with Crippen LogP contribution in [-0.2, 0) is 0 Å². The fourth-order valence-electron chi connectivity index (χ4n) is 1.84. The number of fused-ring (bicyclic) bond motifs is 1. The van der Waals surface area contributed by atoms with Crippen molar-refractivity contribution >= 4 is 57.1 Å². The van der Waals surface area contributed by atoms with E-state index in [1.165, 1.54) is 16.9 Å². The SMILES string of the molecule is Cc1ccc(NC(=S)N/N=C\c2c(Cl)nc3sccn23)cc1. The van der Waals surface area contributed by atoms with Crippen molar-refractivity contribution in [3.8, 4) is 0 Å². The second kappa shape index (κ2) is 6.43. The average molecular weight is 350 g/mol. The summed E-state index contributed by atoms with van der Waals surface area (Å²) in [4.78, 5) is 5.05. The van der Waals surface area contributed by atoms with Gasteiger partial charge in [-0.25, -0.2) is 4.98 Å². The molecular formula is C14H12ClN5S2. The van der Waals surface area contributed by atoms with Crippen LogP contribution in [0, 0.1) is 6.92 Å². The fourth-order valence-corrected chi connectivity index (χ4v) is 3.00. The summed E-state index contributed by atoms with van der Waals surface area (Å²) in [6.45, 7) is 2.03. The lowest BCUT2D eigenvalue weighted by atomic mass is 10.2. The number of thiazole rings is 1. The van der Waals surface area contributed by atoms with Gasteiger partial charge in [-0.2, -0.15) is 5.10 Å². The topological polar surface area (TPSA) is 53.7 Å². The summed E-state index contributed by atoms with van der Waals surface area (Å²) in [6.07, 6.45) is 3.49. The monoisotopic (exact) mass is 349 g/mol. The van der Waals surface area contributed by atoms with Gasteiger partial charge in [0.25, 0.3) is 0 Å². The van der Waals surface area contributed by atoms with Crippen LogP contribution in [0.5, 0.6) is 0 Å². The van der Waals surface area contributed by atoms with Crippen molar-refractivity contribution < 1.29 is 0 Å². The third-order valence-electron chi connectivity index (χ3n) is 2.92. The number of hydrogen-bond donors (Lipinski definition) is 2. The van der Waals surface area contributed by atoms with Crippen molar-refractivity contribution in [1.82, 2.24) is 14.8 Å². The highest BCUT2D eigenvalue weighted by Gasteiger charge is 2.08. The van der Waals surface area contributed by atoms with Gasteiger partial charge in [-0.15, -0.1) is 11.3 Å². The first-order valence-corrected chi connectivity index (χ1v) is 8.08. The van der Waals surface area contributed by atoms with E-state index in [1.54, 1.807) is 6.21 Å². The predicted molar refractivity (Wildman–Crippen MR) is 96.2 cm³/mol. The normalized spacial score (nSPS) is 11.2. The minimum Gasteiger partial charge on any atom is -0.331 e. The van der Waals surface area contributed by atoms with Gasteiger partial charge in [0.1, 0.15) is 5.69 Å². The van der Waals surface area contributed by atoms with Crippen LogP contribution < -0.4 is 10.7 Å². The maximum Gasteiger partial charge on any atom is 0.195 e. The van der Waals surface area contributed by atoms with Crippen LogP contribution in [0.4, 0.5) is 5.69 Å². The van der Waals surface area contributed by atoms with Gasteiger partial charge in [-0.3, -0.25) is 9.83 Å². The molecule has 22 heavy (non-hydrogen) atoms. The van der Waals surface area contributed by atoms with E-state index in [9.17, 15) is 0 Å². The molecule has 0 atom stereocenters. The van der Waals surface area contributed by atoms with Crippen LogP contribution in [-0.4, -0.2) is 20.7 Å². The number of aryl methyl sites for hydroxylation is 1. The Morgan fingerprint density at radius 3 is 2.95 bits per heavy atom. The molecule has 2 aromatic heterocycles. The summed E-state index contributed by atoms with van der Waals surface area (Å²) in [5.74, 6) is 0. The zero-order chi connectivity index (χ0) is 15.5. The van der Waals surface area contributed by atoms with E-state index in [1.807, 2.05) is 47.2 Å². The molecule has 2 heterocycles. The number of nitrogens with one attached hydrogen (secondary N) is 2. The Labute approximate surface area is 141 Å². The zero-order valence-corrected chi connectivity index (χ0v) is 14.0. The minimum absolute atomic E-state index is 0.405. The summed E-state index contributed by atoms with van der Waals surface area (Å²) >= 11 is 12.8. The highest BCUT2D eigenvalue weighted by molar-refractivity contribution is 7.80. The van der Waals surface area contributed by atoms with Crippen LogP contribution in [0.15, 0.2) is 40.9 Å². The molecule has 0 amide bonds. The molecule has 3 aromatic rings. The molecule has 8 heteroatoms. The van der Waals surface area contributed by atoms with Crippen molar-refractivity contribution in [2.45, 2.75) is 6.92 Å². The van der Waals surface area contributed by atoms with Gasteiger partial charge >= 0.3 is 0 Å². The van der Waals surface area contributed by atoms with Gasteiger partial charge in [-0.05, 0) is 31.3 Å². The lowest BCUT2D eigenvalue weighted by molar-refractivity contribution is 1.04. The molecular weight excluding hydrogens is 338 g/mol. The summed E-state index contributed by atoms with van der Waals surface area (Å²) in [6, 6.07) is 7.92. The van der Waals surface area contributed by atoms with E-state index in [2.05, 4.69) is 20.8 Å². The molecule has 0 fully saturated rings. The van der Waals surface area contributed by atoms with Gasteiger partial charge < -0.3 is 5.32 Å². The maximum atomic E-state index is 6.08. The number of thiocarbonyl (C=S) groups is 1. The Kier molecular flexibility index (Phi) is 4.37. The van der Waals surface area contributed by atoms with Crippen molar-refractivity contribution in [3.05, 3.63) is 52.3 Å². The van der Waals surface area contributed by atoms with Crippen LogP contribution in [0.3, 0.4) is 0 Å². The number of halogens is 1. The van der Waals surface area contributed by atoms with Gasteiger partial charge in [0, 0.05) is 17.3 Å². The number of hydrazone groups is 1. The number of rotatable bonds is 3. The molecule has 0 bridgehead atoms. The van der Waals surface area contributed by atoms with Gasteiger partial charge in [0.15, 0.2) is 15.2 Å². The summed E-state index contributed by atoms with van der Waals surface area (Å²) in [7, 11) is 0. The number of hydrogen-bond acceptors (Lipinski definition) is 4. The molecule has 1 aromatic carbocycles. The third kappa shape index (κ3) is 3.27. The first-order chi connectivity index (χ1) is 10.6. The van der Waals surface area contributed by atoms with Crippen LogP contribution in [0.25, 0.3) is 4.96 Å². The van der Waals surface area contributed by atoms with E-state index in [-0.39, 0.29) is 0 Å². The van der Waals surface area contributed by atoms with E-state index in [0.29, 0.717) is 16.0 Å². The van der Waals surface area contributed by atoms with Gasteiger partial charge in [0.05, 0.1) is 6.21 Å².